The summed E-state index contributed by atoms with van der Waals surface area (Å²) >= 11 is 7.08. The zero-order chi connectivity index (χ0) is 21.1. The van der Waals surface area contributed by atoms with E-state index in [9.17, 15) is 13.2 Å². The van der Waals surface area contributed by atoms with Gasteiger partial charge in [-0.15, -0.1) is 11.8 Å². The van der Waals surface area contributed by atoms with Crippen molar-refractivity contribution in [3.63, 3.8) is 0 Å². The number of nitrogens with one attached hydrogen (secondary N) is 2. The van der Waals surface area contributed by atoms with E-state index in [1.54, 1.807) is 6.08 Å². The molecule has 29 heavy (non-hydrogen) atoms. The summed E-state index contributed by atoms with van der Waals surface area (Å²) in [5.74, 6) is -0.609. The molecule has 0 radical (unpaired) electrons. The van der Waals surface area contributed by atoms with Gasteiger partial charge in [-0.25, -0.2) is 4.39 Å². The molecule has 0 aromatic heterocycles. The largest absolute Gasteiger partial charge is 0.313 e. The zero-order valence-electron chi connectivity index (χ0n) is 16.8. The number of fused-ring (bicyclic) bond motifs is 1. The van der Waals surface area contributed by atoms with Crippen molar-refractivity contribution in [1.82, 2.24) is 10.6 Å². The van der Waals surface area contributed by atoms with E-state index in [1.807, 2.05) is 44.2 Å². The molecule has 2 nitrogen and oxygen atoms in total. The molecular formula is C22H28ClF3N2S. The summed E-state index contributed by atoms with van der Waals surface area (Å²) in [6, 6.07) is 4.56. The summed E-state index contributed by atoms with van der Waals surface area (Å²) in [4.78, 5) is 0. The molecule has 3 unspecified atom stereocenters. The lowest BCUT2D eigenvalue weighted by molar-refractivity contribution is -0.0413. The van der Waals surface area contributed by atoms with E-state index in [0.717, 1.165) is 5.56 Å². The molecule has 3 atom stereocenters. The second-order valence-corrected chi connectivity index (χ2v) is 9.89. The molecule has 160 valence electrons. The Kier molecular flexibility index (Phi) is 7.41. The highest BCUT2D eigenvalue weighted by Crippen LogP contribution is 2.38. The van der Waals surface area contributed by atoms with Gasteiger partial charge >= 0.3 is 6.05 Å². The lowest BCUT2D eigenvalue weighted by Crippen LogP contribution is -2.55. The zero-order valence-corrected chi connectivity index (χ0v) is 18.4. The number of alkyl halides is 2. The molecule has 1 aliphatic heterocycles. The third kappa shape index (κ3) is 6.51. The second kappa shape index (κ2) is 9.46. The van der Waals surface area contributed by atoms with Crippen LogP contribution >= 0.6 is 23.4 Å². The van der Waals surface area contributed by atoms with Gasteiger partial charge in [-0.2, -0.15) is 8.78 Å². The number of hydrogen-bond donors (Lipinski definition) is 2. The summed E-state index contributed by atoms with van der Waals surface area (Å²) in [6.07, 6.45) is 4.84. The maximum Gasteiger partial charge on any atom is 0.311 e. The lowest BCUT2D eigenvalue weighted by Gasteiger charge is -2.38. The Hall–Kier alpha value is -0.950. The minimum absolute atomic E-state index is 0.0811. The Morgan fingerprint density at radius 3 is 2.69 bits per heavy atom. The first kappa shape index (κ1) is 22.7. The second-order valence-electron chi connectivity index (χ2n) is 8.28. The van der Waals surface area contributed by atoms with Crippen LogP contribution in [0.1, 0.15) is 38.7 Å². The van der Waals surface area contributed by atoms with Gasteiger partial charge in [-0.05, 0) is 68.0 Å². The fourth-order valence-corrected chi connectivity index (χ4v) is 5.05. The summed E-state index contributed by atoms with van der Waals surface area (Å²) in [5, 5.41) is 6.47. The summed E-state index contributed by atoms with van der Waals surface area (Å²) < 4.78 is 43.6. The average molecular weight is 445 g/mol. The van der Waals surface area contributed by atoms with E-state index >= 15 is 0 Å². The highest BCUT2D eigenvalue weighted by atomic mass is 35.5. The van der Waals surface area contributed by atoms with Crippen molar-refractivity contribution in [2.24, 2.45) is 5.92 Å². The van der Waals surface area contributed by atoms with Gasteiger partial charge in [0, 0.05) is 22.4 Å². The predicted octanol–water partition coefficient (Wildman–Crippen LogP) is 6.09. The van der Waals surface area contributed by atoms with Gasteiger partial charge in [-0.3, -0.25) is 5.32 Å². The van der Waals surface area contributed by atoms with E-state index in [1.165, 1.54) is 11.8 Å². The Morgan fingerprint density at radius 1 is 1.24 bits per heavy atom. The van der Waals surface area contributed by atoms with Crippen LogP contribution in [-0.2, 0) is 6.54 Å². The van der Waals surface area contributed by atoms with E-state index in [0.29, 0.717) is 42.9 Å². The fourth-order valence-electron chi connectivity index (χ4n) is 3.80. The molecule has 1 heterocycles. The van der Waals surface area contributed by atoms with Crippen molar-refractivity contribution in [1.29, 1.82) is 0 Å². The lowest BCUT2D eigenvalue weighted by atomic mass is 9.86. The van der Waals surface area contributed by atoms with Crippen LogP contribution in [0.15, 0.2) is 47.8 Å². The summed E-state index contributed by atoms with van der Waals surface area (Å²) in [6.45, 7) is 4.90. The van der Waals surface area contributed by atoms with Gasteiger partial charge in [0.1, 0.15) is 5.83 Å². The summed E-state index contributed by atoms with van der Waals surface area (Å²) in [5.41, 5.74) is 0.932. The third-order valence-corrected chi connectivity index (χ3v) is 7.31. The fraction of sp³-hybridized carbons (Fsp3) is 0.545. The van der Waals surface area contributed by atoms with Gasteiger partial charge in [-0.1, -0.05) is 36.7 Å². The molecule has 2 bridgehead atoms. The minimum atomic E-state index is -2.97. The Bertz CT molecular complexity index is 766. The van der Waals surface area contributed by atoms with Crippen molar-refractivity contribution < 1.29 is 13.2 Å². The summed E-state index contributed by atoms with van der Waals surface area (Å²) in [7, 11) is 0. The van der Waals surface area contributed by atoms with Gasteiger partial charge in [0.25, 0.3) is 0 Å². The van der Waals surface area contributed by atoms with E-state index in [4.69, 9.17) is 11.6 Å². The van der Waals surface area contributed by atoms with Crippen LogP contribution in [0.3, 0.4) is 0 Å². The number of benzene rings is 1. The molecule has 3 rings (SSSR count). The molecule has 1 aromatic rings. The van der Waals surface area contributed by atoms with Crippen LogP contribution in [0.25, 0.3) is 0 Å². The first-order valence-corrected chi connectivity index (χ1v) is 11.4. The molecule has 1 aliphatic carbocycles. The van der Waals surface area contributed by atoms with E-state index < -0.39 is 11.6 Å². The van der Waals surface area contributed by atoms with Crippen molar-refractivity contribution in [2.45, 2.75) is 56.5 Å². The van der Waals surface area contributed by atoms with Crippen LogP contribution in [0.5, 0.6) is 0 Å². The molecule has 2 aliphatic rings. The van der Waals surface area contributed by atoms with Gasteiger partial charge in [0.2, 0.25) is 0 Å². The van der Waals surface area contributed by atoms with Crippen LogP contribution in [-0.4, -0.2) is 29.1 Å². The van der Waals surface area contributed by atoms with Crippen molar-refractivity contribution in [3.05, 3.63) is 58.4 Å². The molecule has 7 heteroatoms. The predicted molar refractivity (Wildman–Crippen MR) is 116 cm³/mol. The Balaban J connectivity index is 1.63. The molecule has 0 spiro atoms. The normalized spacial score (nSPS) is 29.7. The average Bonchev–Trinajstić information content (AvgIpc) is 2.64. The van der Waals surface area contributed by atoms with Crippen LogP contribution in [0.4, 0.5) is 13.2 Å². The monoisotopic (exact) mass is 444 g/mol. The minimum Gasteiger partial charge on any atom is -0.313 e. The first-order chi connectivity index (χ1) is 13.7. The van der Waals surface area contributed by atoms with E-state index in [-0.39, 0.29) is 22.7 Å². The maximum atomic E-state index is 14.6. The van der Waals surface area contributed by atoms with Crippen LogP contribution in [0.2, 0.25) is 5.02 Å². The molecule has 0 amide bonds. The topological polar surface area (TPSA) is 24.1 Å². The number of rotatable bonds is 5. The van der Waals surface area contributed by atoms with Crippen LogP contribution in [0, 0.1) is 5.92 Å². The number of halogens is 4. The van der Waals surface area contributed by atoms with Crippen molar-refractivity contribution >= 4 is 23.4 Å². The molecule has 2 N–H and O–H groups in total. The van der Waals surface area contributed by atoms with Gasteiger partial charge < -0.3 is 5.32 Å². The SMILES string of the molecule is CC1C=C(F)C2=CC1SCC(F)(F)NC(C)(CCNCc1ccc(Cl)cc1)CC2. The molecule has 0 saturated carbocycles. The van der Waals surface area contributed by atoms with Gasteiger partial charge in [0.15, 0.2) is 0 Å². The van der Waals surface area contributed by atoms with Crippen LogP contribution < -0.4 is 10.6 Å². The smallest absolute Gasteiger partial charge is 0.311 e. The maximum absolute atomic E-state index is 14.6. The van der Waals surface area contributed by atoms with E-state index in [2.05, 4.69) is 10.6 Å². The number of allylic oxidation sites excluding steroid dienone is 3. The highest BCUT2D eigenvalue weighted by molar-refractivity contribution is 8.00. The number of thioether (sulfide) groups is 1. The molecule has 0 fully saturated rings. The first-order valence-electron chi connectivity index (χ1n) is 9.98. The highest BCUT2D eigenvalue weighted by Gasteiger charge is 2.40. The standard InChI is InChI=1S/C22H28ClF3N2S/c1-15-11-19(24)17-7-8-21(2,28-22(25,26)14-29-20(15)12-17)9-10-27-13-16-3-5-18(23)6-4-16/h3-6,11-12,15,20,27-28H,7-10,13-14H2,1-2H3. The Morgan fingerprint density at radius 2 is 1.97 bits per heavy atom. The number of hydrogen-bond acceptors (Lipinski definition) is 3. The quantitative estimate of drug-likeness (QED) is 0.424. The van der Waals surface area contributed by atoms with Gasteiger partial charge in [0.05, 0.1) is 5.75 Å². The van der Waals surface area contributed by atoms with Crippen molar-refractivity contribution in [3.8, 4) is 0 Å². The molecule has 0 saturated heterocycles. The molecule has 1 aromatic carbocycles. The third-order valence-electron chi connectivity index (χ3n) is 5.58. The Labute approximate surface area is 180 Å². The molecular weight excluding hydrogens is 417 g/mol. The van der Waals surface area contributed by atoms with Crippen molar-refractivity contribution in [2.75, 3.05) is 12.3 Å².